The van der Waals surface area contributed by atoms with E-state index in [-0.39, 0.29) is 5.41 Å². The lowest BCUT2D eigenvalue weighted by atomic mass is 9.76. The van der Waals surface area contributed by atoms with Crippen molar-refractivity contribution < 1.29 is 0 Å². The minimum atomic E-state index is 0.190. The molecule has 114 valence electrons. The minimum Gasteiger partial charge on any atom is -0.0800 e. The first-order valence-electron chi connectivity index (χ1n) is 7.78. The predicted octanol–water partition coefficient (Wildman–Crippen LogP) is 6.75. The van der Waals surface area contributed by atoms with Gasteiger partial charge in [-0.1, -0.05) is 87.8 Å². The summed E-state index contributed by atoms with van der Waals surface area (Å²) in [7, 11) is 0. The summed E-state index contributed by atoms with van der Waals surface area (Å²) in [5, 5.41) is 0. The van der Waals surface area contributed by atoms with Crippen LogP contribution in [0.3, 0.4) is 0 Å². The molecule has 1 aliphatic rings. The fraction of sp³-hybridized carbons (Fsp3) is 0.500. The molecule has 0 amide bonds. The Morgan fingerprint density at radius 1 is 1.05 bits per heavy atom. The van der Waals surface area contributed by atoms with Crippen LogP contribution in [-0.4, -0.2) is 0 Å². The number of hydrogen-bond acceptors (Lipinski definition) is 0. The van der Waals surface area contributed by atoms with Gasteiger partial charge in [-0.15, -0.1) is 0 Å². The molecule has 1 aliphatic carbocycles. The lowest BCUT2D eigenvalue weighted by molar-refractivity contribution is 0.294. The van der Waals surface area contributed by atoms with Crippen LogP contribution in [0.15, 0.2) is 40.9 Å². The highest BCUT2D eigenvalue weighted by Crippen LogP contribution is 2.37. The number of allylic oxidation sites excluding steroid dienone is 4. The minimum absolute atomic E-state index is 0.190. The van der Waals surface area contributed by atoms with Crippen molar-refractivity contribution in [3.63, 3.8) is 0 Å². The second-order valence-electron chi connectivity index (χ2n) is 8.17. The molecule has 0 N–H and O–H groups in total. The molecule has 0 heterocycles. The highest BCUT2D eigenvalue weighted by Gasteiger charge is 2.23. The Morgan fingerprint density at radius 3 is 2.14 bits per heavy atom. The molecule has 1 aromatic carbocycles. The molecule has 1 heteroatoms. The van der Waals surface area contributed by atoms with Crippen LogP contribution in [0, 0.1) is 11.3 Å². The van der Waals surface area contributed by atoms with E-state index in [4.69, 9.17) is 0 Å². The van der Waals surface area contributed by atoms with Gasteiger partial charge in [0.1, 0.15) is 0 Å². The standard InChI is InChI=1S/C20H27Br/c1-19(2,3)15-9-7-14(8-10-15)17-12-11-16(13-18(17)21)20(4,5)6/h7-9,11-13,15H,10H2,1-6H3. The third-order valence-corrected chi connectivity index (χ3v) is 5.01. The SMILES string of the molecule is CC(C)(C)c1ccc(C2=CCC(C(C)(C)C)C=C2)c(Br)c1. The van der Waals surface area contributed by atoms with E-state index in [0.717, 1.165) is 6.42 Å². The molecule has 1 atom stereocenters. The topological polar surface area (TPSA) is 0 Å². The summed E-state index contributed by atoms with van der Waals surface area (Å²) in [6.07, 6.45) is 8.17. The zero-order chi connectivity index (χ0) is 15.8. The van der Waals surface area contributed by atoms with Crippen molar-refractivity contribution in [3.05, 3.63) is 52.0 Å². The van der Waals surface area contributed by atoms with Gasteiger partial charge < -0.3 is 0 Å². The first-order valence-corrected chi connectivity index (χ1v) is 8.57. The average Bonchev–Trinajstić information content (AvgIpc) is 2.36. The van der Waals surface area contributed by atoms with E-state index >= 15 is 0 Å². The van der Waals surface area contributed by atoms with Crippen molar-refractivity contribution in [1.82, 2.24) is 0 Å². The van der Waals surface area contributed by atoms with Crippen LogP contribution < -0.4 is 0 Å². The molecular formula is C20H27Br. The summed E-state index contributed by atoms with van der Waals surface area (Å²) < 4.78 is 1.19. The van der Waals surface area contributed by atoms with Gasteiger partial charge in [0.2, 0.25) is 0 Å². The van der Waals surface area contributed by atoms with E-state index in [1.807, 2.05) is 0 Å². The maximum atomic E-state index is 3.76. The van der Waals surface area contributed by atoms with Crippen molar-refractivity contribution in [2.45, 2.75) is 53.4 Å². The van der Waals surface area contributed by atoms with E-state index in [9.17, 15) is 0 Å². The Kier molecular flexibility index (Phi) is 4.54. The summed E-state index contributed by atoms with van der Waals surface area (Å²) in [5.41, 5.74) is 4.53. The Morgan fingerprint density at radius 2 is 1.71 bits per heavy atom. The second-order valence-corrected chi connectivity index (χ2v) is 9.03. The van der Waals surface area contributed by atoms with E-state index in [0.29, 0.717) is 11.3 Å². The highest BCUT2D eigenvalue weighted by molar-refractivity contribution is 9.10. The van der Waals surface area contributed by atoms with Gasteiger partial charge in [0.05, 0.1) is 0 Å². The quantitative estimate of drug-likeness (QED) is 0.527. The molecule has 0 radical (unpaired) electrons. The van der Waals surface area contributed by atoms with Crippen molar-refractivity contribution in [2.24, 2.45) is 11.3 Å². The molecule has 2 rings (SSSR count). The fourth-order valence-corrected chi connectivity index (χ4v) is 3.29. The first-order chi connectivity index (χ1) is 9.59. The molecule has 0 aromatic heterocycles. The molecule has 1 aromatic rings. The zero-order valence-corrected chi connectivity index (χ0v) is 15.7. The lowest BCUT2D eigenvalue weighted by Crippen LogP contribution is -2.19. The second kappa shape index (κ2) is 5.76. The van der Waals surface area contributed by atoms with Gasteiger partial charge >= 0.3 is 0 Å². The molecule has 21 heavy (non-hydrogen) atoms. The van der Waals surface area contributed by atoms with Gasteiger partial charge in [-0.05, 0) is 45.9 Å². The third kappa shape index (κ3) is 3.88. The number of hydrogen-bond donors (Lipinski definition) is 0. The smallest absolute Gasteiger partial charge is 0.0256 e. The van der Waals surface area contributed by atoms with E-state index in [2.05, 4.69) is 93.9 Å². The lowest BCUT2D eigenvalue weighted by Gasteiger charge is -2.29. The monoisotopic (exact) mass is 346 g/mol. The number of halogens is 1. The van der Waals surface area contributed by atoms with Crippen molar-refractivity contribution in [1.29, 1.82) is 0 Å². The third-order valence-electron chi connectivity index (χ3n) is 4.36. The van der Waals surface area contributed by atoms with E-state index in [1.165, 1.54) is 21.2 Å². The maximum Gasteiger partial charge on any atom is 0.0256 e. The van der Waals surface area contributed by atoms with Crippen LogP contribution in [-0.2, 0) is 5.41 Å². The molecule has 0 saturated heterocycles. The van der Waals surface area contributed by atoms with Crippen LogP contribution in [0.25, 0.3) is 5.57 Å². The Hall–Kier alpha value is -0.820. The Labute approximate surface area is 138 Å². The van der Waals surface area contributed by atoms with E-state index < -0.39 is 0 Å². The van der Waals surface area contributed by atoms with Crippen LogP contribution in [0.1, 0.15) is 59.1 Å². The summed E-state index contributed by atoms with van der Waals surface area (Å²) in [4.78, 5) is 0. The van der Waals surface area contributed by atoms with Gasteiger partial charge in [-0.25, -0.2) is 0 Å². The molecule has 1 unspecified atom stereocenters. The van der Waals surface area contributed by atoms with Gasteiger partial charge in [0, 0.05) is 4.47 Å². The van der Waals surface area contributed by atoms with Gasteiger partial charge in [-0.3, -0.25) is 0 Å². The average molecular weight is 347 g/mol. The molecule has 0 aliphatic heterocycles. The van der Waals surface area contributed by atoms with Crippen molar-refractivity contribution in [3.8, 4) is 0 Å². The largest absolute Gasteiger partial charge is 0.0800 e. The molecule has 0 spiro atoms. The maximum absolute atomic E-state index is 3.76. The summed E-state index contributed by atoms with van der Waals surface area (Å²) in [6, 6.07) is 6.77. The zero-order valence-electron chi connectivity index (χ0n) is 14.1. The Bertz CT molecular complexity index is 577. The first kappa shape index (κ1) is 16.5. The number of rotatable bonds is 1. The van der Waals surface area contributed by atoms with Crippen LogP contribution in [0.4, 0.5) is 0 Å². The van der Waals surface area contributed by atoms with Crippen molar-refractivity contribution >= 4 is 21.5 Å². The summed E-state index contributed by atoms with van der Waals surface area (Å²) >= 11 is 3.76. The number of benzene rings is 1. The molecule has 0 nitrogen and oxygen atoms in total. The van der Waals surface area contributed by atoms with Gasteiger partial charge in [0.15, 0.2) is 0 Å². The Balaban J connectivity index is 2.26. The predicted molar refractivity (Wildman–Crippen MR) is 97.5 cm³/mol. The van der Waals surface area contributed by atoms with Crippen molar-refractivity contribution in [2.75, 3.05) is 0 Å². The van der Waals surface area contributed by atoms with Crippen LogP contribution in [0.5, 0.6) is 0 Å². The highest BCUT2D eigenvalue weighted by atomic mass is 79.9. The molecular weight excluding hydrogens is 320 g/mol. The summed E-state index contributed by atoms with van der Waals surface area (Å²) in [6.45, 7) is 13.7. The molecule has 0 bridgehead atoms. The van der Waals surface area contributed by atoms with Crippen LogP contribution >= 0.6 is 15.9 Å². The molecule has 0 fully saturated rings. The normalized spacial score (nSPS) is 19.6. The molecule has 0 saturated carbocycles. The van der Waals surface area contributed by atoms with E-state index in [1.54, 1.807) is 0 Å². The van der Waals surface area contributed by atoms with Gasteiger partial charge in [0.25, 0.3) is 0 Å². The van der Waals surface area contributed by atoms with Crippen LogP contribution in [0.2, 0.25) is 0 Å². The summed E-state index contributed by atoms with van der Waals surface area (Å²) in [5.74, 6) is 0.633. The fourth-order valence-electron chi connectivity index (χ4n) is 2.68. The van der Waals surface area contributed by atoms with Gasteiger partial charge in [-0.2, -0.15) is 0 Å².